The summed E-state index contributed by atoms with van der Waals surface area (Å²) < 4.78 is 32.4. The maximum absolute atomic E-state index is 11.5. The van der Waals surface area contributed by atoms with Crippen molar-refractivity contribution in [1.29, 1.82) is 0 Å². The van der Waals surface area contributed by atoms with E-state index in [0.29, 0.717) is 13.2 Å². The van der Waals surface area contributed by atoms with Crippen molar-refractivity contribution in [2.24, 2.45) is 0 Å². The summed E-state index contributed by atoms with van der Waals surface area (Å²) in [6.45, 7) is 1.08. The molecule has 0 heterocycles. The van der Waals surface area contributed by atoms with Gasteiger partial charge in [0.25, 0.3) is 0 Å². The first-order valence-electron chi connectivity index (χ1n) is 7.00. The monoisotopic (exact) mass is 318 g/mol. The fraction of sp³-hybridized carbons (Fsp3) is 0.250. The molecule has 0 spiro atoms. The summed E-state index contributed by atoms with van der Waals surface area (Å²) in [6.07, 6.45) is 0. The van der Waals surface area contributed by atoms with E-state index in [4.69, 9.17) is 18.3 Å². The molecule has 0 atom stereocenters. The van der Waals surface area contributed by atoms with Crippen molar-refractivity contribution in [2.45, 2.75) is 0 Å². The van der Waals surface area contributed by atoms with Gasteiger partial charge in [0.05, 0.1) is 0 Å². The third-order valence-corrected chi connectivity index (χ3v) is 3.51. The summed E-state index contributed by atoms with van der Waals surface area (Å²) in [7, 11) is -2.51. The van der Waals surface area contributed by atoms with Crippen molar-refractivity contribution < 1.29 is 22.8 Å². The standard InChI is InChI=1S/C16H18O5Si/c17-22(20-13-11-18-15-7-3-1-4-8-15)21-14-12-19-16-9-5-2-6-10-16/h1-10H,11-14H2. The number of rotatable bonds is 10. The second-order valence-corrected chi connectivity index (χ2v) is 5.35. The van der Waals surface area contributed by atoms with E-state index >= 15 is 0 Å². The van der Waals surface area contributed by atoms with Crippen LogP contribution in [-0.4, -0.2) is 35.6 Å². The minimum absolute atomic E-state index is 0.215. The van der Waals surface area contributed by atoms with Crippen LogP contribution in [0.4, 0.5) is 0 Å². The van der Waals surface area contributed by atoms with Gasteiger partial charge < -0.3 is 18.3 Å². The van der Waals surface area contributed by atoms with Crippen molar-refractivity contribution in [2.75, 3.05) is 26.4 Å². The number of ether oxygens (including phenoxy) is 2. The molecule has 0 amide bonds. The summed E-state index contributed by atoms with van der Waals surface area (Å²) in [5.41, 5.74) is 0. The van der Waals surface area contributed by atoms with Gasteiger partial charge in [0.1, 0.15) is 37.9 Å². The van der Waals surface area contributed by atoms with Gasteiger partial charge in [0, 0.05) is 0 Å². The first kappa shape index (κ1) is 16.0. The maximum atomic E-state index is 11.5. The molecule has 0 N–H and O–H groups in total. The molecular formula is C16H18O5Si. The Kier molecular flexibility index (Phi) is 6.97. The molecule has 0 aliphatic rings. The Hall–Kier alpha value is -2.34. The molecule has 0 fully saturated rings. The second-order valence-electron chi connectivity index (χ2n) is 4.27. The minimum Gasteiger partial charge on any atom is -0.492 e. The molecule has 5 nitrogen and oxygen atoms in total. The Bertz CT molecular complexity index is 497. The average molecular weight is 318 g/mol. The van der Waals surface area contributed by atoms with E-state index < -0.39 is 9.17 Å². The summed E-state index contributed by atoms with van der Waals surface area (Å²) >= 11 is 0. The van der Waals surface area contributed by atoms with Crippen LogP contribution in [0.3, 0.4) is 0 Å². The number of hydrogen-bond donors (Lipinski definition) is 0. The zero-order valence-corrected chi connectivity index (χ0v) is 13.1. The topological polar surface area (TPSA) is 54.0 Å². The Morgan fingerprint density at radius 3 is 1.45 bits per heavy atom. The molecule has 2 aromatic carbocycles. The van der Waals surface area contributed by atoms with Gasteiger partial charge in [0.2, 0.25) is 0 Å². The number of hydrogen-bond acceptors (Lipinski definition) is 5. The molecule has 0 aliphatic heterocycles. The van der Waals surface area contributed by atoms with Crippen LogP contribution in [0.2, 0.25) is 0 Å². The summed E-state index contributed by atoms with van der Waals surface area (Å²) in [5, 5.41) is 0. The molecule has 0 aromatic heterocycles. The fourth-order valence-corrected chi connectivity index (χ4v) is 2.23. The molecule has 2 aromatic rings. The third-order valence-electron chi connectivity index (χ3n) is 2.63. The zero-order valence-electron chi connectivity index (χ0n) is 12.1. The van der Waals surface area contributed by atoms with Gasteiger partial charge in [-0.05, 0) is 24.3 Å². The Morgan fingerprint density at radius 2 is 1.05 bits per heavy atom. The predicted octanol–water partition coefficient (Wildman–Crippen LogP) is 2.59. The van der Waals surface area contributed by atoms with Crippen molar-refractivity contribution in [3.63, 3.8) is 0 Å². The lowest BCUT2D eigenvalue weighted by Gasteiger charge is -2.08. The summed E-state index contributed by atoms with van der Waals surface area (Å²) in [5.74, 6) is 1.51. The van der Waals surface area contributed by atoms with Crippen LogP contribution in [0.15, 0.2) is 60.7 Å². The van der Waals surface area contributed by atoms with Crippen molar-refractivity contribution in [3.8, 4) is 11.5 Å². The van der Waals surface area contributed by atoms with E-state index in [2.05, 4.69) is 0 Å². The smallest absolute Gasteiger partial charge is 0.492 e. The van der Waals surface area contributed by atoms with Gasteiger partial charge in [-0.2, -0.15) is 0 Å². The van der Waals surface area contributed by atoms with E-state index in [1.807, 2.05) is 60.7 Å². The lowest BCUT2D eigenvalue weighted by atomic mass is 10.3. The normalized spacial score (nSPS) is 9.82. The van der Waals surface area contributed by atoms with Crippen molar-refractivity contribution in [1.82, 2.24) is 0 Å². The molecule has 0 saturated heterocycles. The largest absolute Gasteiger partial charge is 0.767 e. The molecule has 2 rings (SSSR count). The quantitative estimate of drug-likeness (QED) is 0.498. The van der Waals surface area contributed by atoms with E-state index in [0.717, 1.165) is 11.5 Å². The maximum Gasteiger partial charge on any atom is 0.767 e. The summed E-state index contributed by atoms with van der Waals surface area (Å²) in [6, 6.07) is 18.7. The third kappa shape index (κ3) is 6.40. The average Bonchev–Trinajstić information content (AvgIpc) is 2.57. The summed E-state index contributed by atoms with van der Waals surface area (Å²) in [4.78, 5) is 0. The second kappa shape index (κ2) is 9.57. The van der Waals surface area contributed by atoms with Gasteiger partial charge >= 0.3 is 9.17 Å². The van der Waals surface area contributed by atoms with Gasteiger partial charge in [-0.15, -0.1) is 0 Å². The molecule has 0 bridgehead atoms. The molecule has 0 unspecified atom stereocenters. The van der Waals surface area contributed by atoms with E-state index in [9.17, 15) is 4.46 Å². The van der Waals surface area contributed by atoms with Gasteiger partial charge in [-0.3, -0.25) is 4.46 Å². The van der Waals surface area contributed by atoms with Crippen LogP contribution in [-0.2, 0) is 13.3 Å². The van der Waals surface area contributed by atoms with Crippen LogP contribution >= 0.6 is 0 Å². The molecular weight excluding hydrogens is 300 g/mol. The van der Waals surface area contributed by atoms with E-state index in [-0.39, 0.29) is 13.2 Å². The highest BCUT2D eigenvalue weighted by molar-refractivity contribution is 6.26. The zero-order chi connectivity index (χ0) is 15.5. The van der Waals surface area contributed by atoms with Crippen LogP contribution in [0.1, 0.15) is 0 Å². The Balaban J connectivity index is 1.49. The highest BCUT2D eigenvalue weighted by Crippen LogP contribution is 2.08. The predicted molar refractivity (Wildman–Crippen MR) is 82.2 cm³/mol. The lowest BCUT2D eigenvalue weighted by molar-refractivity contribution is 0.126. The van der Waals surface area contributed by atoms with E-state index in [1.165, 1.54) is 0 Å². The Labute approximate surface area is 131 Å². The minimum atomic E-state index is -2.51. The first-order chi connectivity index (χ1) is 10.8. The van der Waals surface area contributed by atoms with Gasteiger partial charge in [-0.25, -0.2) is 0 Å². The molecule has 0 saturated carbocycles. The highest BCUT2D eigenvalue weighted by Gasteiger charge is 2.10. The van der Waals surface area contributed by atoms with Crippen LogP contribution in [0.25, 0.3) is 0 Å². The molecule has 22 heavy (non-hydrogen) atoms. The Morgan fingerprint density at radius 1 is 0.636 bits per heavy atom. The number of para-hydroxylation sites is 2. The van der Waals surface area contributed by atoms with Crippen molar-refractivity contribution in [3.05, 3.63) is 60.7 Å². The first-order valence-corrected chi connectivity index (χ1v) is 8.22. The fourth-order valence-electron chi connectivity index (χ4n) is 1.64. The SMILES string of the molecule is O=[Si](OCCOc1ccccc1)OCCOc1ccccc1. The van der Waals surface area contributed by atoms with Crippen molar-refractivity contribution >= 4 is 9.17 Å². The molecule has 116 valence electrons. The van der Waals surface area contributed by atoms with Gasteiger partial charge in [0.15, 0.2) is 0 Å². The van der Waals surface area contributed by atoms with Crippen LogP contribution in [0, 0.1) is 0 Å². The van der Waals surface area contributed by atoms with Crippen LogP contribution in [0.5, 0.6) is 11.5 Å². The number of benzene rings is 2. The van der Waals surface area contributed by atoms with E-state index in [1.54, 1.807) is 0 Å². The highest BCUT2D eigenvalue weighted by atomic mass is 28.3. The molecule has 0 aliphatic carbocycles. The molecule has 0 radical (unpaired) electrons. The van der Waals surface area contributed by atoms with Crippen LogP contribution < -0.4 is 9.47 Å². The lowest BCUT2D eigenvalue weighted by Crippen LogP contribution is -2.19. The van der Waals surface area contributed by atoms with Gasteiger partial charge in [-0.1, -0.05) is 36.4 Å². The molecule has 6 heteroatoms.